The molecule has 0 aromatic carbocycles. The Hall–Kier alpha value is -2.14. The number of likely N-dealkylation sites (tertiary alicyclic amines) is 1. The molecule has 5 aliphatic rings. The van der Waals surface area contributed by atoms with Crippen molar-refractivity contribution in [3.8, 4) is 0 Å². The summed E-state index contributed by atoms with van der Waals surface area (Å²) in [6.07, 6.45) is 0.0995. The van der Waals surface area contributed by atoms with Crippen LogP contribution in [0.5, 0.6) is 0 Å². The fraction of sp³-hybridized carbons (Fsp3) is 0.789. The third-order valence-corrected chi connectivity index (χ3v) is 10.4. The Morgan fingerprint density at radius 3 is 1.92 bits per heavy atom. The van der Waals surface area contributed by atoms with Crippen molar-refractivity contribution in [2.24, 2.45) is 17.8 Å². The van der Waals surface area contributed by atoms with Gasteiger partial charge in [-0.1, -0.05) is 0 Å². The highest BCUT2D eigenvalue weighted by Crippen LogP contribution is 2.56. The molecule has 2 atom stereocenters. The van der Waals surface area contributed by atoms with Crippen molar-refractivity contribution >= 4 is 43.5 Å². The van der Waals surface area contributed by atoms with Crippen LogP contribution in [0.25, 0.3) is 4.13 Å². The van der Waals surface area contributed by atoms with E-state index in [1.54, 1.807) is 4.13 Å². The lowest BCUT2D eigenvalue weighted by Gasteiger charge is -2.54. The number of carbonyl (C=O) groups is 4. The van der Waals surface area contributed by atoms with Gasteiger partial charge in [0.25, 0.3) is 0 Å². The van der Waals surface area contributed by atoms with Gasteiger partial charge in [-0.25, -0.2) is 21.6 Å². The number of nitrogens with zero attached hydrogens (tertiary/aromatic N) is 2. The highest BCUT2D eigenvalue weighted by atomic mass is 32.3. The van der Waals surface area contributed by atoms with E-state index >= 15 is 0 Å². The lowest BCUT2D eigenvalue weighted by Crippen LogP contribution is -2.58. The number of amides is 1. The summed E-state index contributed by atoms with van der Waals surface area (Å²) in [5.74, 6) is -6.85. The number of alkyl halides is 4. The van der Waals surface area contributed by atoms with E-state index in [0.29, 0.717) is 12.8 Å². The van der Waals surface area contributed by atoms with Crippen LogP contribution in [0.4, 0.5) is 17.6 Å². The van der Waals surface area contributed by atoms with Gasteiger partial charge in [-0.2, -0.15) is 17.6 Å². The number of halogens is 4. The van der Waals surface area contributed by atoms with Crippen LogP contribution in [0.2, 0.25) is 0 Å². The number of carbonyl (C=O) groups excluding carboxylic acids is 4. The average Bonchev–Trinajstić information content (AvgIpc) is 2.75. The van der Waals surface area contributed by atoms with E-state index in [1.807, 2.05) is 0 Å². The largest absolute Gasteiger partial charge is 0.454 e. The average molecular weight is 562 g/mol. The molecule has 11 nitrogen and oxygen atoms in total. The number of piperidine rings is 1. The smallest absolute Gasteiger partial charge is 0.424 e. The Labute approximate surface area is 203 Å². The molecule has 17 heteroatoms. The van der Waals surface area contributed by atoms with Crippen LogP contribution in [-0.2, 0) is 44.0 Å². The lowest BCUT2D eigenvalue weighted by atomic mass is 9.53. The second kappa shape index (κ2) is 8.44. The molecule has 0 aromatic heterocycles. The number of ketones is 2. The molecule has 1 amide bonds. The van der Waals surface area contributed by atoms with Crippen LogP contribution >= 0.6 is 0 Å². The molecular formula is C19H21F4N2O9S2-. The van der Waals surface area contributed by atoms with E-state index in [1.165, 1.54) is 0 Å². The molecule has 1 aliphatic heterocycles. The number of ether oxygens (including phenoxy) is 1. The third kappa shape index (κ3) is 4.31. The van der Waals surface area contributed by atoms with Gasteiger partial charge < -0.3 is 13.8 Å². The minimum absolute atomic E-state index is 0.0928. The highest BCUT2D eigenvalue weighted by Gasteiger charge is 2.61. The van der Waals surface area contributed by atoms with Crippen molar-refractivity contribution in [3.63, 3.8) is 0 Å². The summed E-state index contributed by atoms with van der Waals surface area (Å²) < 4.78 is 113. The monoisotopic (exact) mass is 561 g/mol. The minimum Gasteiger partial charge on any atom is -0.454 e. The molecule has 0 radical (unpaired) electrons. The second-order valence-corrected chi connectivity index (χ2v) is 13.2. The summed E-state index contributed by atoms with van der Waals surface area (Å²) in [7, 11) is -13.6. The van der Waals surface area contributed by atoms with Gasteiger partial charge in [-0.3, -0.25) is 14.4 Å². The molecule has 202 valence electrons. The fourth-order valence-electron chi connectivity index (χ4n) is 5.64. The normalized spacial score (nSPS) is 31.0. The summed E-state index contributed by atoms with van der Waals surface area (Å²) in [6, 6.07) is 0. The number of hydrogen-bond donors (Lipinski definition) is 0. The van der Waals surface area contributed by atoms with Crippen LogP contribution in [0.1, 0.15) is 44.9 Å². The summed E-state index contributed by atoms with van der Waals surface area (Å²) in [5.41, 5.74) is -1.56. The van der Waals surface area contributed by atoms with Crippen LogP contribution in [0, 0.1) is 17.8 Å². The zero-order valence-corrected chi connectivity index (χ0v) is 20.1. The van der Waals surface area contributed by atoms with Gasteiger partial charge in [0.05, 0.1) is 0 Å². The summed E-state index contributed by atoms with van der Waals surface area (Å²) in [5, 5.41) is -11.2. The Morgan fingerprint density at radius 1 is 0.889 bits per heavy atom. The SMILES string of the molecule is O=C1CCN(C(=O)C(F)(F)S(=O)(=O)[N-]S(=O)(=O)C(F)(F)C(=O)OC23CC4CC(C2)C(=O)C(C4)C3)CC1. The molecule has 0 N–H and O–H groups in total. The Balaban J connectivity index is 1.50. The molecule has 4 bridgehead atoms. The first-order valence-corrected chi connectivity index (χ1v) is 13.9. The maximum atomic E-state index is 14.6. The van der Waals surface area contributed by atoms with Gasteiger partial charge in [-0.05, 0) is 38.0 Å². The van der Waals surface area contributed by atoms with Gasteiger partial charge in [0.15, 0.2) is 20.0 Å². The van der Waals surface area contributed by atoms with E-state index in [2.05, 4.69) is 0 Å². The molecule has 5 rings (SSSR count). The number of Topliss-reactive ketones (excluding diaryl/α,β-unsaturated/α-hetero) is 2. The number of hydrogen-bond acceptors (Lipinski definition) is 9. The van der Waals surface area contributed by atoms with Crippen molar-refractivity contribution in [3.05, 3.63) is 4.13 Å². The second-order valence-electron chi connectivity index (χ2n) is 9.71. The van der Waals surface area contributed by atoms with Gasteiger partial charge >= 0.3 is 22.4 Å². The van der Waals surface area contributed by atoms with E-state index in [9.17, 15) is 53.6 Å². The molecule has 4 saturated carbocycles. The van der Waals surface area contributed by atoms with E-state index < -0.39 is 73.0 Å². The van der Waals surface area contributed by atoms with Gasteiger partial charge in [0.1, 0.15) is 17.2 Å². The lowest BCUT2D eigenvalue weighted by molar-refractivity contribution is -0.201. The zero-order chi connectivity index (χ0) is 26.9. The van der Waals surface area contributed by atoms with Crippen molar-refractivity contribution < 1.29 is 58.3 Å². The van der Waals surface area contributed by atoms with Crippen LogP contribution in [-0.4, -0.2) is 74.4 Å². The maximum Gasteiger partial charge on any atom is 0.424 e. The Kier molecular flexibility index (Phi) is 6.31. The number of rotatable bonds is 7. The minimum atomic E-state index is -6.81. The first kappa shape index (κ1) is 26.9. The van der Waals surface area contributed by atoms with Crippen molar-refractivity contribution in [1.29, 1.82) is 0 Å². The van der Waals surface area contributed by atoms with Crippen molar-refractivity contribution in [1.82, 2.24) is 4.90 Å². The molecule has 1 heterocycles. The van der Waals surface area contributed by atoms with E-state index in [-0.39, 0.29) is 54.5 Å². The Bertz CT molecular complexity index is 1210. The zero-order valence-electron chi connectivity index (χ0n) is 18.5. The standard InChI is InChI=1S/C19H21F4N2O9S2/c20-18(21,15(28)25-3-1-13(26)2-4-25)35(30,31)24-36(32,33)19(22,23)16(29)34-17-7-10-5-11(8-17)14(27)12(6-10)9-17/h10-12H,1-9H2/q-1. The summed E-state index contributed by atoms with van der Waals surface area (Å²) in [6.45, 7) is -1.18. The molecule has 0 spiro atoms. The maximum absolute atomic E-state index is 14.6. The van der Waals surface area contributed by atoms with E-state index in [4.69, 9.17) is 4.74 Å². The van der Waals surface area contributed by atoms with Gasteiger partial charge in [0, 0.05) is 37.8 Å². The molecular weight excluding hydrogens is 540 g/mol. The number of esters is 1. The molecule has 36 heavy (non-hydrogen) atoms. The van der Waals surface area contributed by atoms with Crippen molar-refractivity contribution in [2.45, 2.75) is 61.1 Å². The van der Waals surface area contributed by atoms with Crippen LogP contribution in [0.3, 0.4) is 0 Å². The third-order valence-electron chi connectivity index (χ3n) is 7.19. The highest BCUT2D eigenvalue weighted by molar-refractivity contribution is 8.13. The molecule has 0 aromatic rings. The van der Waals surface area contributed by atoms with Crippen LogP contribution in [0.15, 0.2) is 0 Å². The predicted molar refractivity (Wildman–Crippen MR) is 109 cm³/mol. The first-order chi connectivity index (χ1) is 16.4. The molecule has 4 aliphatic carbocycles. The van der Waals surface area contributed by atoms with Gasteiger partial charge in [-0.15, -0.1) is 0 Å². The first-order valence-electron chi connectivity index (χ1n) is 11.0. The molecule has 2 unspecified atom stereocenters. The summed E-state index contributed by atoms with van der Waals surface area (Å²) >= 11 is 0. The summed E-state index contributed by atoms with van der Waals surface area (Å²) in [4.78, 5) is 47.9. The fourth-order valence-corrected chi connectivity index (χ4v) is 8.02. The quantitative estimate of drug-likeness (QED) is 0.327. The van der Waals surface area contributed by atoms with Gasteiger partial charge in [0.2, 0.25) is 0 Å². The van der Waals surface area contributed by atoms with E-state index in [0.717, 1.165) is 0 Å². The molecule has 5 fully saturated rings. The number of sulfonamides is 2. The van der Waals surface area contributed by atoms with Crippen LogP contribution < -0.4 is 0 Å². The predicted octanol–water partition coefficient (Wildman–Crippen LogP) is 1.09. The topological polar surface area (TPSA) is 163 Å². The Morgan fingerprint density at radius 2 is 1.39 bits per heavy atom. The molecule has 1 saturated heterocycles. The van der Waals surface area contributed by atoms with Crippen molar-refractivity contribution in [2.75, 3.05) is 13.1 Å².